The highest BCUT2D eigenvalue weighted by atomic mass is 16.5. The smallest absolute Gasteiger partial charge is 0.331 e. The van der Waals surface area contributed by atoms with Crippen molar-refractivity contribution in [3.05, 3.63) is 80.1 Å². The minimum absolute atomic E-state index is 0.230. The maximum absolute atomic E-state index is 13.4. The van der Waals surface area contributed by atoms with Gasteiger partial charge in [-0.2, -0.15) is 0 Å². The van der Waals surface area contributed by atoms with E-state index in [-0.39, 0.29) is 17.1 Å². The molecule has 1 aliphatic heterocycles. The molecule has 5 rings (SSSR count). The largest absolute Gasteiger partial charge is 0.504 e. The third-order valence-corrected chi connectivity index (χ3v) is 6.15. The van der Waals surface area contributed by atoms with Crippen LogP contribution < -0.4 is 11.2 Å². The molecule has 1 atom stereocenters. The summed E-state index contributed by atoms with van der Waals surface area (Å²) in [6, 6.07) is 12.4. The number of aryl methyl sites for hydroxylation is 2. The van der Waals surface area contributed by atoms with Crippen molar-refractivity contribution in [1.29, 1.82) is 0 Å². The fraction of sp³-hybridized carbons (Fsp3) is 0.250. The molecule has 2 N–H and O–H groups in total. The Kier molecular flexibility index (Phi) is 4.49. The molecule has 1 aliphatic rings. The lowest BCUT2D eigenvalue weighted by Gasteiger charge is -2.28. The van der Waals surface area contributed by atoms with Crippen LogP contribution in [0.3, 0.4) is 0 Å². The maximum Gasteiger partial charge on any atom is 0.331 e. The number of aromatic nitrogens is 3. The molecule has 0 radical (unpaired) electrons. The van der Waals surface area contributed by atoms with Crippen molar-refractivity contribution in [2.45, 2.75) is 19.6 Å². The molecule has 0 amide bonds. The Morgan fingerprint density at radius 1 is 1.00 bits per heavy atom. The van der Waals surface area contributed by atoms with Gasteiger partial charge < -0.3 is 19.5 Å². The summed E-state index contributed by atoms with van der Waals surface area (Å²) in [5.74, 6) is -0.491. The predicted molar refractivity (Wildman–Crippen MR) is 120 cm³/mol. The number of rotatable bonds is 2. The van der Waals surface area contributed by atoms with Gasteiger partial charge in [0.1, 0.15) is 6.10 Å². The maximum atomic E-state index is 13.4. The monoisotopic (exact) mass is 433 g/mol. The molecule has 2 aromatic heterocycles. The Bertz CT molecular complexity index is 1510. The highest BCUT2D eigenvalue weighted by Crippen LogP contribution is 2.42. The molecule has 0 fully saturated rings. The van der Waals surface area contributed by atoms with E-state index in [1.807, 2.05) is 35.8 Å². The van der Waals surface area contributed by atoms with Crippen molar-refractivity contribution in [1.82, 2.24) is 13.7 Å². The Morgan fingerprint density at radius 2 is 1.78 bits per heavy atom. The molecular weight excluding hydrogens is 410 g/mol. The van der Waals surface area contributed by atoms with Crippen molar-refractivity contribution in [3.63, 3.8) is 0 Å². The number of benzene rings is 2. The van der Waals surface area contributed by atoms with Gasteiger partial charge in [0.2, 0.25) is 0 Å². The first kappa shape index (κ1) is 20.1. The lowest BCUT2D eigenvalue weighted by atomic mass is 10.0. The number of hydrogen-bond donors (Lipinski definition) is 2. The summed E-state index contributed by atoms with van der Waals surface area (Å²) in [6.45, 7) is 2.88. The Balaban J connectivity index is 1.94. The van der Waals surface area contributed by atoms with Gasteiger partial charge >= 0.3 is 5.69 Å². The fourth-order valence-corrected chi connectivity index (χ4v) is 4.63. The Hall–Kier alpha value is -3.78. The zero-order valence-electron chi connectivity index (χ0n) is 18.0. The normalized spacial score (nSPS) is 15.8. The number of aromatic hydroxyl groups is 2. The highest BCUT2D eigenvalue weighted by molar-refractivity contribution is 5.96. The van der Waals surface area contributed by atoms with Crippen LogP contribution >= 0.6 is 0 Å². The third kappa shape index (κ3) is 2.80. The third-order valence-electron chi connectivity index (χ3n) is 6.15. The SMILES string of the molecule is Cc1cccc(-c2c3c(=O)n(C)c(=O)n(C)c3c3n2CCO[C@@H]3c2ccc(O)c(O)c2)c1. The van der Waals surface area contributed by atoms with Crippen LogP contribution in [0.25, 0.3) is 22.2 Å². The van der Waals surface area contributed by atoms with E-state index >= 15 is 0 Å². The quantitative estimate of drug-likeness (QED) is 0.474. The second-order valence-electron chi connectivity index (χ2n) is 8.18. The van der Waals surface area contributed by atoms with Gasteiger partial charge in [-0.15, -0.1) is 0 Å². The topological polar surface area (TPSA) is 98.6 Å². The van der Waals surface area contributed by atoms with E-state index in [1.165, 1.54) is 23.7 Å². The molecule has 0 bridgehead atoms. The van der Waals surface area contributed by atoms with Crippen LogP contribution in [0.15, 0.2) is 52.1 Å². The first-order valence-electron chi connectivity index (χ1n) is 10.3. The molecule has 0 spiro atoms. The number of nitrogens with zero attached hydrogens (tertiary/aromatic N) is 3. The molecule has 8 heteroatoms. The summed E-state index contributed by atoms with van der Waals surface area (Å²) in [4.78, 5) is 26.2. The van der Waals surface area contributed by atoms with Gasteiger partial charge in [0, 0.05) is 20.6 Å². The van der Waals surface area contributed by atoms with Crippen molar-refractivity contribution >= 4 is 10.9 Å². The molecule has 0 aliphatic carbocycles. The molecule has 0 saturated heterocycles. The zero-order chi connectivity index (χ0) is 22.7. The molecule has 32 heavy (non-hydrogen) atoms. The molecule has 2 aromatic carbocycles. The predicted octanol–water partition coefficient (Wildman–Crippen LogP) is 2.54. The van der Waals surface area contributed by atoms with E-state index < -0.39 is 11.8 Å². The molecule has 164 valence electrons. The number of ether oxygens (including phenoxy) is 1. The van der Waals surface area contributed by atoms with Gasteiger partial charge in [0.15, 0.2) is 11.5 Å². The average Bonchev–Trinajstić information content (AvgIpc) is 3.13. The van der Waals surface area contributed by atoms with Crippen LogP contribution in [0, 0.1) is 6.92 Å². The molecule has 8 nitrogen and oxygen atoms in total. The summed E-state index contributed by atoms with van der Waals surface area (Å²) >= 11 is 0. The fourth-order valence-electron chi connectivity index (χ4n) is 4.63. The average molecular weight is 433 g/mol. The van der Waals surface area contributed by atoms with E-state index in [4.69, 9.17) is 4.74 Å². The minimum Gasteiger partial charge on any atom is -0.504 e. The lowest BCUT2D eigenvalue weighted by Crippen LogP contribution is -2.37. The number of fused-ring (bicyclic) bond motifs is 3. The lowest BCUT2D eigenvalue weighted by molar-refractivity contribution is 0.0477. The second kappa shape index (κ2) is 7.13. The minimum atomic E-state index is -0.631. The summed E-state index contributed by atoms with van der Waals surface area (Å²) in [5, 5.41) is 20.3. The van der Waals surface area contributed by atoms with Crippen LogP contribution in [0.1, 0.15) is 22.9 Å². The van der Waals surface area contributed by atoms with Crippen molar-refractivity contribution in [2.75, 3.05) is 6.61 Å². The van der Waals surface area contributed by atoms with Crippen LogP contribution in [-0.2, 0) is 25.4 Å². The second-order valence-corrected chi connectivity index (χ2v) is 8.18. The molecule has 0 unspecified atom stereocenters. The van der Waals surface area contributed by atoms with E-state index in [0.717, 1.165) is 21.4 Å². The molecule has 4 aromatic rings. The van der Waals surface area contributed by atoms with Gasteiger partial charge in [-0.1, -0.05) is 29.8 Å². The van der Waals surface area contributed by atoms with Gasteiger partial charge in [-0.05, 0) is 36.2 Å². The van der Waals surface area contributed by atoms with Crippen LogP contribution in [0.4, 0.5) is 0 Å². The van der Waals surface area contributed by atoms with Crippen LogP contribution in [-0.4, -0.2) is 30.5 Å². The first-order chi connectivity index (χ1) is 15.3. The first-order valence-corrected chi connectivity index (χ1v) is 10.3. The standard InChI is InChI=1S/C24H23N3O5/c1-13-5-4-6-14(11-13)19-18-20(25(2)24(31)26(3)23(18)30)21-22(32-10-9-27(19)21)15-7-8-16(28)17(29)12-15/h4-8,11-12,22,28-29H,9-10H2,1-3H3/t22-/m1/s1. The van der Waals surface area contributed by atoms with Crippen LogP contribution in [0.2, 0.25) is 0 Å². The number of phenolic OH excluding ortho intramolecular Hbond substituents is 2. The van der Waals surface area contributed by atoms with E-state index in [2.05, 4.69) is 0 Å². The summed E-state index contributed by atoms with van der Waals surface area (Å²) in [7, 11) is 3.12. The van der Waals surface area contributed by atoms with Crippen molar-refractivity contribution in [2.24, 2.45) is 14.1 Å². The molecule has 0 saturated carbocycles. The summed E-state index contributed by atoms with van der Waals surface area (Å²) < 4.78 is 10.7. The van der Waals surface area contributed by atoms with Crippen molar-refractivity contribution < 1.29 is 14.9 Å². The van der Waals surface area contributed by atoms with E-state index in [1.54, 1.807) is 13.1 Å². The number of hydrogen-bond acceptors (Lipinski definition) is 5. The van der Waals surface area contributed by atoms with Crippen molar-refractivity contribution in [3.8, 4) is 22.8 Å². The van der Waals surface area contributed by atoms with Gasteiger partial charge in [-0.25, -0.2) is 4.79 Å². The highest BCUT2D eigenvalue weighted by Gasteiger charge is 2.33. The van der Waals surface area contributed by atoms with Gasteiger partial charge in [0.05, 0.1) is 28.9 Å². The Labute approximate surface area is 183 Å². The molecule has 3 heterocycles. The van der Waals surface area contributed by atoms with E-state index in [0.29, 0.717) is 35.3 Å². The zero-order valence-corrected chi connectivity index (χ0v) is 18.0. The van der Waals surface area contributed by atoms with Crippen LogP contribution in [0.5, 0.6) is 11.5 Å². The number of phenols is 2. The Morgan fingerprint density at radius 3 is 2.50 bits per heavy atom. The van der Waals surface area contributed by atoms with Gasteiger partial charge in [-0.3, -0.25) is 13.9 Å². The summed E-state index contributed by atoms with van der Waals surface area (Å²) in [6.07, 6.45) is -0.631. The summed E-state index contributed by atoms with van der Waals surface area (Å²) in [5.41, 5.74) is 3.68. The van der Waals surface area contributed by atoms with Gasteiger partial charge in [0.25, 0.3) is 5.56 Å². The van der Waals surface area contributed by atoms with E-state index in [9.17, 15) is 19.8 Å². The molecular formula is C24H23N3O5.